The molecular formula is C9H8Br2N4. The van der Waals surface area contributed by atoms with Gasteiger partial charge in [-0.25, -0.2) is 9.67 Å². The van der Waals surface area contributed by atoms with E-state index >= 15 is 0 Å². The molecule has 0 aliphatic heterocycles. The molecule has 2 N–H and O–H groups in total. The van der Waals surface area contributed by atoms with Crippen LogP contribution in [0.25, 0.3) is 5.82 Å². The van der Waals surface area contributed by atoms with Crippen molar-refractivity contribution >= 4 is 37.5 Å². The smallest absolute Gasteiger partial charge is 0.169 e. The van der Waals surface area contributed by atoms with Crippen LogP contribution in [0.2, 0.25) is 0 Å². The van der Waals surface area contributed by atoms with Gasteiger partial charge in [-0.2, -0.15) is 5.10 Å². The molecule has 2 heterocycles. The van der Waals surface area contributed by atoms with E-state index in [1.54, 1.807) is 17.1 Å². The third-order valence-corrected chi connectivity index (χ3v) is 3.33. The van der Waals surface area contributed by atoms with Crippen molar-refractivity contribution in [3.05, 3.63) is 33.1 Å². The van der Waals surface area contributed by atoms with Gasteiger partial charge in [0, 0.05) is 12.4 Å². The minimum Gasteiger partial charge on any atom is -0.397 e. The van der Waals surface area contributed by atoms with Crippen molar-refractivity contribution in [3.63, 3.8) is 0 Å². The van der Waals surface area contributed by atoms with Crippen molar-refractivity contribution in [2.75, 3.05) is 5.73 Å². The summed E-state index contributed by atoms with van der Waals surface area (Å²) in [5, 5.41) is 4.17. The first kappa shape index (κ1) is 10.6. The first-order valence-corrected chi connectivity index (χ1v) is 5.79. The Labute approximate surface area is 104 Å². The number of nitrogens with two attached hydrogens (primary N) is 1. The maximum absolute atomic E-state index is 5.85. The number of nitrogens with zero attached hydrogens (tertiary/aromatic N) is 3. The van der Waals surface area contributed by atoms with Crippen LogP contribution in [-0.2, 0) is 0 Å². The van der Waals surface area contributed by atoms with Gasteiger partial charge in [0.25, 0.3) is 0 Å². The molecule has 6 heteroatoms. The first-order valence-electron chi connectivity index (χ1n) is 4.20. The highest BCUT2D eigenvalue weighted by Gasteiger charge is 2.10. The van der Waals surface area contributed by atoms with E-state index in [2.05, 4.69) is 41.9 Å². The van der Waals surface area contributed by atoms with Gasteiger partial charge in [-0.3, -0.25) is 0 Å². The molecule has 2 rings (SSSR count). The second kappa shape index (κ2) is 3.94. The molecule has 0 bridgehead atoms. The molecule has 0 atom stereocenters. The molecule has 0 aliphatic rings. The second-order valence-electron chi connectivity index (χ2n) is 3.12. The van der Waals surface area contributed by atoms with E-state index < -0.39 is 0 Å². The summed E-state index contributed by atoms with van der Waals surface area (Å²) in [4.78, 5) is 4.25. The van der Waals surface area contributed by atoms with Crippen LogP contribution in [-0.4, -0.2) is 14.8 Å². The van der Waals surface area contributed by atoms with Crippen molar-refractivity contribution < 1.29 is 0 Å². The minimum absolute atomic E-state index is 0.619. The summed E-state index contributed by atoms with van der Waals surface area (Å²) in [5.74, 6) is 0.684. The van der Waals surface area contributed by atoms with E-state index in [-0.39, 0.29) is 0 Å². The molecule has 4 nitrogen and oxygen atoms in total. The summed E-state index contributed by atoms with van der Waals surface area (Å²) in [6.45, 7) is 1.97. The lowest BCUT2D eigenvalue weighted by Gasteiger charge is -2.06. The number of halogens is 2. The third-order valence-electron chi connectivity index (χ3n) is 1.92. The number of hydrogen-bond donors (Lipinski definition) is 1. The van der Waals surface area contributed by atoms with E-state index in [1.807, 2.05) is 13.1 Å². The maximum atomic E-state index is 5.85. The van der Waals surface area contributed by atoms with Gasteiger partial charge in [0.15, 0.2) is 5.82 Å². The average Bonchev–Trinajstić information content (AvgIpc) is 2.61. The van der Waals surface area contributed by atoms with Crippen LogP contribution in [0.3, 0.4) is 0 Å². The van der Waals surface area contributed by atoms with Crippen LogP contribution in [0.4, 0.5) is 5.69 Å². The largest absolute Gasteiger partial charge is 0.397 e. The highest BCUT2D eigenvalue weighted by molar-refractivity contribution is 9.11. The normalized spacial score (nSPS) is 10.6. The molecular weight excluding hydrogens is 324 g/mol. The van der Waals surface area contributed by atoms with Gasteiger partial charge in [0.1, 0.15) is 0 Å². The van der Waals surface area contributed by atoms with E-state index in [0.717, 1.165) is 14.5 Å². The average molecular weight is 332 g/mol. The Bertz CT molecular complexity index is 507. The van der Waals surface area contributed by atoms with Crippen LogP contribution < -0.4 is 5.73 Å². The fourth-order valence-corrected chi connectivity index (χ4v) is 2.22. The monoisotopic (exact) mass is 330 g/mol. The standard InChI is InChI=1S/C9H8Br2N4/c1-5-2-14-15(4-5)9-7(11)8(12)6(10)3-13-9/h2-4H,1H3,(H2,12,13). The van der Waals surface area contributed by atoms with Crippen LogP contribution in [0.5, 0.6) is 0 Å². The van der Waals surface area contributed by atoms with Crippen molar-refractivity contribution in [1.29, 1.82) is 0 Å². The number of aromatic nitrogens is 3. The molecule has 78 valence electrons. The van der Waals surface area contributed by atoms with Crippen LogP contribution in [0.1, 0.15) is 5.56 Å². The van der Waals surface area contributed by atoms with Crippen molar-refractivity contribution in [1.82, 2.24) is 14.8 Å². The van der Waals surface area contributed by atoms with E-state index in [9.17, 15) is 0 Å². The Morgan fingerprint density at radius 2 is 2.07 bits per heavy atom. The SMILES string of the molecule is Cc1cnn(-c2ncc(Br)c(N)c2Br)c1. The Kier molecular flexibility index (Phi) is 2.79. The Morgan fingerprint density at radius 3 is 2.67 bits per heavy atom. The minimum atomic E-state index is 0.619. The van der Waals surface area contributed by atoms with Gasteiger partial charge < -0.3 is 5.73 Å². The summed E-state index contributed by atoms with van der Waals surface area (Å²) in [6, 6.07) is 0. The highest BCUT2D eigenvalue weighted by atomic mass is 79.9. The molecule has 0 saturated carbocycles. The molecule has 0 aliphatic carbocycles. The summed E-state index contributed by atoms with van der Waals surface area (Å²) in [7, 11) is 0. The molecule has 0 saturated heterocycles. The predicted octanol–water partition coefficient (Wildman–Crippen LogP) is 2.68. The summed E-state index contributed by atoms with van der Waals surface area (Å²) in [5.41, 5.74) is 7.54. The number of aryl methyl sites for hydroxylation is 1. The molecule has 2 aromatic rings. The molecule has 0 fully saturated rings. The molecule has 0 aromatic carbocycles. The van der Waals surface area contributed by atoms with Gasteiger partial charge in [0.05, 0.1) is 20.8 Å². The molecule has 2 aromatic heterocycles. The van der Waals surface area contributed by atoms with Gasteiger partial charge in [-0.15, -0.1) is 0 Å². The zero-order valence-electron chi connectivity index (χ0n) is 7.91. The number of hydrogen-bond acceptors (Lipinski definition) is 3. The second-order valence-corrected chi connectivity index (χ2v) is 4.77. The number of rotatable bonds is 1. The fraction of sp³-hybridized carbons (Fsp3) is 0.111. The summed E-state index contributed by atoms with van der Waals surface area (Å²) in [6.07, 6.45) is 5.32. The summed E-state index contributed by atoms with van der Waals surface area (Å²) >= 11 is 6.71. The van der Waals surface area contributed by atoms with E-state index in [0.29, 0.717) is 11.5 Å². The van der Waals surface area contributed by atoms with Crippen LogP contribution in [0.15, 0.2) is 27.5 Å². The lowest BCUT2D eigenvalue weighted by Crippen LogP contribution is -2.02. The van der Waals surface area contributed by atoms with E-state index in [1.165, 1.54) is 0 Å². The lowest BCUT2D eigenvalue weighted by molar-refractivity contribution is 0.841. The highest BCUT2D eigenvalue weighted by Crippen LogP contribution is 2.31. The van der Waals surface area contributed by atoms with Crippen molar-refractivity contribution in [2.45, 2.75) is 6.92 Å². The van der Waals surface area contributed by atoms with Crippen molar-refractivity contribution in [3.8, 4) is 5.82 Å². The van der Waals surface area contributed by atoms with E-state index in [4.69, 9.17) is 5.73 Å². The zero-order chi connectivity index (χ0) is 11.0. The predicted molar refractivity (Wildman–Crippen MR) is 65.9 cm³/mol. The molecule has 0 radical (unpaired) electrons. The quantitative estimate of drug-likeness (QED) is 0.874. The third kappa shape index (κ3) is 1.91. The lowest BCUT2D eigenvalue weighted by atomic mass is 10.4. The van der Waals surface area contributed by atoms with Crippen LogP contribution in [0, 0.1) is 6.92 Å². The molecule has 0 spiro atoms. The Balaban J connectivity index is 2.59. The number of anilines is 1. The molecule has 0 amide bonds. The number of pyridine rings is 1. The fourth-order valence-electron chi connectivity index (χ4n) is 1.16. The van der Waals surface area contributed by atoms with Gasteiger partial charge in [-0.05, 0) is 44.3 Å². The Hall–Kier alpha value is -0.880. The first-order chi connectivity index (χ1) is 7.09. The topological polar surface area (TPSA) is 56.7 Å². The number of nitrogen functional groups attached to an aromatic ring is 1. The summed E-state index contributed by atoms with van der Waals surface area (Å²) < 4.78 is 3.18. The van der Waals surface area contributed by atoms with Gasteiger partial charge >= 0.3 is 0 Å². The van der Waals surface area contributed by atoms with Gasteiger partial charge in [0.2, 0.25) is 0 Å². The molecule has 15 heavy (non-hydrogen) atoms. The maximum Gasteiger partial charge on any atom is 0.169 e. The van der Waals surface area contributed by atoms with Crippen LogP contribution >= 0.6 is 31.9 Å². The van der Waals surface area contributed by atoms with Gasteiger partial charge in [-0.1, -0.05) is 0 Å². The Morgan fingerprint density at radius 1 is 1.33 bits per heavy atom. The zero-order valence-corrected chi connectivity index (χ0v) is 11.1. The molecule has 0 unspecified atom stereocenters. The van der Waals surface area contributed by atoms with Crippen molar-refractivity contribution in [2.24, 2.45) is 0 Å².